The van der Waals surface area contributed by atoms with E-state index >= 15 is 0 Å². The largest absolute Gasteiger partial charge is 0.381 e. The molecule has 4 rings (SSSR count). The van der Waals surface area contributed by atoms with E-state index in [2.05, 4.69) is 41.6 Å². The fourth-order valence-electron chi connectivity index (χ4n) is 4.82. The molecule has 2 aromatic rings. The number of carbonyl (C=O) groups is 1. The van der Waals surface area contributed by atoms with Crippen molar-refractivity contribution in [1.29, 1.82) is 0 Å². The number of aromatic nitrogens is 2. The van der Waals surface area contributed by atoms with E-state index < -0.39 is 5.54 Å². The van der Waals surface area contributed by atoms with Gasteiger partial charge in [-0.2, -0.15) is 5.10 Å². The van der Waals surface area contributed by atoms with E-state index in [0.717, 1.165) is 38.6 Å². The van der Waals surface area contributed by atoms with Crippen LogP contribution in [-0.2, 0) is 16.0 Å². The summed E-state index contributed by atoms with van der Waals surface area (Å²) in [5, 5.41) is 5.98. The van der Waals surface area contributed by atoms with Gasteiger partial charge in [0.05, 0.1) is 17.3 Å². The maximum absolute atomic E-state index is 12.2. The van der Waals surface area contributed by atoms with Crippen LogP contribution in [0.5, 0.6) is 0 Å². The quantitative estimate of drug-likeness (QED) is 0.748. The topological polar surface area (TPSA) is 47.4 Å². The van der Waals surface area contributed by atoms with Gasteiger partial charge in [-0.15, -0.1) is 0 Å². The van der Waals surface area contributed by atoms with Crippen LogP contribution in [-0.4, -0.2) is 46.3 Å². The molecule has 0 N–H and O–H groups in total. The van der Waals surface area contributed by atoms with Gasteiger partial charge in [-0.05, 0) is 62.1 Å². The van der Waals surface area contributed by atoms with E-state index in [9.17, 15) is 4.79 Å². The van der Waals surface area contributed by atoms with Gasteiger partial charge in [0.1, 0.15) is 12.5 Å². The molecule has 0 radical (unpaired) electrons. The Kier molecular flexibility index (Phi) is 5.33. The van der Waals surface area contributed by atoms with E-state index in [1.807, 2.05) is 6.20 Å². The van der Waals surface area contributed by atoms with Crippen molar-refractivity contribution in [1.82, 2.24) is 14.7 Å². The number of benzene rings is 1. The second-order valence-corrected chi connectivity index (χ2v) is 8.58. The standard InChI is InChI=1S/C22H31N3O2/c1-17(2)13-18-6-7-20-19(14-18)15-23-25(20)21-5-3-4-10-24(21)22(16-26)8-11-27-12-9-22/h6-7,14-17,21H,3-5,8-13H2,1-2H3. The number of likely N-dealkylation sites (tertiary alicyclic amines) is 1. The van der Waals surface area contributed by atoms with Crippen LogP contribution in [0.15, 0.2) is 24.4 Å². The van der Waals surface area contributed by atoms with Crippen molar-refractivity contribution in [3.8, 4) is 0 Å². The highest BCUT2D eigenvalue weighted by Gasteiger charge is 2.43. The predicted octanol–water partition coefficient (Wildman–Crippen LogP) is 3.97. The number of ether oxygens (including phenoxy) is 1. The van der Waals surface area contributed by atoms with E-state index in [-0.39, 0.29) is 6.17 Å². The molecular formula is C22H31N3O2. The maximum atomic E-state index is 12.2. The van der Waals surface area contributed by atoms with E-state index in [1.165, 1.54) is 29.2 Å². The lowest BCUT2D eigenvalue weighted by atomic mass is 9.87. The van der Waals surface area contributed by atoms with Gasteiger partial charge in [-0.3, -0.25) is 4.90 Å². The number of hydrogen-bond donors (Lipinski definition) is 0. The molecule has 146 valence electrons. The monoisotopic (exact) mass is 369 g/mol. The molecule has 1 aromatic carbocycles. The number of nitrogens with zero attached hydrogens (tertiary/aromatic N) is 3. The Balaban J connectivity index is 1.68. The molecule has 1 aromatic heterocycles. The summed E-state index contributed by atoms with van der Waals surface area (Å²) < 4.78 is 7.71. The summed E-state index contributed by atoms with van der Waals surface area (Å²) in [5.41, 5.74) is 2.14. The Morgan fingerprint density at radius 1 is 1.30 bits per heavy atom. The Morgan fingerprint density at radius 2 is 2.11 bits per heavy atom. The van der Waals surface area contributed by atoms with Crippen LogP contribution in [0.25, 0.3) is 10.9 Å². The second kappa shape index (κ2) is 7.72. The number of aldehydes is 1. The zero-order chi connectivity index (χ0) is 18.9. The molecule has 0 spiro atoms. The molecule has 1 atom stereocenters. The van der Waals surface area contributed by atoms with Gasteiger partial charge in [0.15, 0.2) is 0 Å². The maximum Gasteiger partial charge on any atom is 0.140 e. The molecule has 2 fully saturated rings. The van der Waals surface area contributed by atoms with Crippen LogP contribution in [0.2, 0.25) is 0 Å². The molecule has 27 heavy (non-hydrogen) atoms. The Hall–Kier alpha value is -1.72. The van der Waals surface area contributed by atoms with Crippen LogP contribution < -0.4 is 0 Å². The van der Waals surface area contributed by atoms with E-state index in [0.29, 0.717) is 19.1 Å². The van der Waals surface area contributed by atoms with Gasteiger partial charge in [0, 0.05) is 25.1 Å². The first kappa shape index (κ1) is 18.6. The highest BCUT2D eigenvalue weighted by molar-refractivity contribution is 5.79. The zero-order valence-electron chi connectivity index (χ0n) is 16.6. The normalized spacial score (nSPS) is 23.7. The third-order valence-electron chi connectivity index (χ3n) is 6.21. The summed E-state index contributed by atoms with van der Waals surface area (Å²) in [6.45, 7) is 6.79. The van der Waals surface area contributed by atoms with Crippen LogP contribution in [0.1, 0.15) is 57.7 Å². The predicted molar refractivity (Wildman–Crippen MR) is 107 cm³/mol. The molecule has 2 aliphatic heterocycles. The van der Waals surface area contributed by atoms with Crippen molar-refractivity contribution >= 4 is 17.2 Å². The molecule has 0 saturated carbocycles. The number of piperidine rings is 1. The lowest BCUT2D eigenvalue weighted by Crippen LogP contribution is -2.57. The molecule has 3 heterocycles. The minimum Gasteiger partial charge on any atom is -0.381 e. The molecule has 2 saturated heterocycles. The molecule has 0 amide bonds. The summed E-state index contributed by atoms with van der Waals surface area (Å²) in [6, 6.07) is 6.72. The molecule has 5 nitrogen and oxygen atoms in total. The zero-order valence-corrected chi connectivity index (χ0v) is 16.6. The summed E-state index contributed by atoms with van der Waals surface area (Å²) >= 11 is 0. The van der Waals surface area contributed by atoms with Crippen molar-refractivity contribution in [2.75, 3.05) is 19.8 Å². The highest BCUT2D eigenvalue weighted by Crippen LogP contribution is 2.38. The Bertz CT molecular complexity index is 792. The fourth-order valence-corrected chi connectivity index (χ4v) is 4.82. The third kappa shape index (κ3) is 3.55. The van der Waals surface area contributed by atoms with Gasteiger partial charge in [0.2, 0.25) is 0 Å². The summed E-state index contributed by atoms with van der Waals surface area (Å²) in [5.74, 6) is 0.646. The van der Waals surface area contributed by atoms with Crippen molar-refractivity contribution in [3.05, 3.63) is 30.0 Å². The number of carbonyl (C=O) groups excluding carboxylic acids is 1. The van der Waals surface area contributed by atoms with Crippen LogP contribution >= 0.6 is 0 Å². The number of hydrogen-bond acceptors (Lipinski definition) is 4. The first-order valence-corrected chi connectivity index (χ1v) is 10.4. The van der Waals surface area contributed by atoms with Gasteiger partial charge >= 0.3 is 0 Å². The fraction of sp³-hybridized carbons (Fsp3) is 0.636. The smallest absolute Gasteiger partial charge is 0.140 e. The molecule has 2 aliphatic rings. The minimum absolute atomic E-state index is 0.149. The van der Waals surface area contributed by atoms with Crippen molar-refractivity contribution in [2.45, 2.75) is 64.1 Å². The van der Waals surface area contributed by atoms with Crippen molar-refractivity contribution in [2.24, 2.45) is 5.92 Å². The first-order valence-electron chi connectivity index (χ1n) is 10.4. The van der Waals surface area contributed by atoms with Gasteiger partial charge in [-0.1, -0.05) is 19.9 Å². The number of rotatable bonds is 5. The van der Waals surface area contributed by atoms with Crippen LogP contribution in [0.3, 0.4) is 0 Å². The lowest BCUT2D eigenvalue weighted by molar-refractivity contribution is -0.133. The summed E-state index contributed by atoms with van der Waals surface area (Å²) in [6.07, 6.45) is 9.34. The average Bonchev–Trinajstić information content (AvgIpc) is 3.11. The van der Waals surface area contributed by atoms with Crippen molar-refractivity contribution in [3.63, 3.8) is 0 Å². The summed E-state index contributed by atoms with van der Waals surface area (Å²) in [4.78, 5) is 14.6. The Labute approximate surface area is 161 Å². The second-order valence-electron chi connectivity index (χ2n) is 8.58. The molecule has 0 aliphatic carbocycles. The SMILES string of the molecule is CC(C)Cc1ccc2c(cnn2C2CCCCN2C2(C=O)CCOCC2)c1. The first-order chi connectivity index (χ1) is 13.1. The third-order valence-corrected chi connectivity index (χ3v) is 6.21. The number of fused-ring (bicyclic) bond motifs is 1. The van der Waals surface area contributed by atoms with Crippen LogP contribution in [0, 0.1) is 5.92 Å². The average molecular weight is 370 g/mol. The van der Waals surface area contributed by atoms with Gasteiger partial charge in [-0.25, -0.2) is 4.68 Å². The van der Waals surface area contributed by atoms with Gasteiger partial charge < -0.3 is 9.53 Å². The van der Waals surface area contributed by atoms with Crippen molar-refractivity contribution < 1.29 is 9.53 Å². The lowest BCUT2D eigenvalue weighted by Gasteiger charge is -2.48. The van der Waals surface area contributed by atoms with Gasteiger partial charge in [0.25, 0.3) is 0 Å². The van der Waals surface area contributed by atoms with E-state index in [1.54, 1.807) is 0 Å². The summed E-state index contributed by atoms with van der Waals surface area (Å²) in [7, 11) is 0. The Morgan fingerprint density at radius 3 is 2.85 bits per heavy atom. The molecule has 1 unspecified atom stereocenters. The molecule has 0 bridgehead atoms. The van der Waals surface area contributed by atoms with Crippen LogP contribution in [0.4, 0.5) is 0 Å². The highest BCUT2D eigenvalue weighted by atomic mass is 16.5. The molecule has 5 heteroatoms. The minimum atomic E-state index is -0.404. The molecular weight excluding hydrogens is 338 g/mol. The van der Waals surface area contributed by atoms with E-state index in [4.69, 9.17) is 9.84 Å².